The Morgan fingerprint density at radius 1 is 1.29 bits per heavy atom. The molecule has 2 aromatic rings. The van der Waals surface area contributed by atoms with Crippen LogP contribution in [0.25, 0.3) is 11.4 Å². The van der Waals surface area contributed by atoms with E-state index >= 15 is 0 Å². The molecule has 112 valence electrons. The molecule has 3 rings (SSSR count). The second-order valence-corrected chi connectivity index (χ2v) is 6.63. The first-order valence-corrected chi connectivity index (χ1v) is 8.12. The van der Waals surface area contributed by atoms with Gasteiger partial charge in [0.25, 0.3) is 0 Å². The van der Waals surface area contributed by atoms with Gasteiger partial charge in [0, 0.05) is 18.7 Å². The van der Waals surface area contributed by atoms with Crippen LogP contribution < -0.4 is 0 Å². The molecule has 1 aliphatic rings. The zero-order chi connectivity index (χ0) is 14.8. The monoisotopic (exact) mass is 303 g/mol. The van der Waals surface area contributed by atoms with E-state index in [2.05, 4.69) is 69.8 Å². The lowest BCUT2D eigenvalue weighted by Crippen LogP contribution is -2.35. The molecule has 1 aromatic carbocycles. The first kappa shape index (κ1) is 14.6. The van der Waals surface area contributed by atoms with Crippen molar-refractivity contribution in [2.75, 3.05) is 33.1 Å². The summed E-state index contributed by atoms with van der Waals surface area (Å²) < 4.78 is 2.22. The van der Waals surface area contributed by atoms with Crippen molar-refractivity contribution in [3.63, 3.8) is 0 Å². The van der Waals surface area contributed by atoms with Crippen molar-refractivity contribution >= 4 is 11.8 Å². The average molecular weight is 303 g/mol. The minimum Gasteiger partial charge on any atom is -0.308 e. The molecule has 0 radical (unpaired) electrons. The standard InChI is InChI=1S/C15H21N5S/c1-12-5-4-6-13(9-12)14-16-17-15-20(14)10-19(11-21-15)8-7-18(2)3/h4-6,9H,7-8,10-11H2,1-3H3. The number of hydrogen-bond donors (Lipinski definition) is 0. The van der Waals surface area contributed by atoms with Crippen LogP contribution in [0.4, 0.5) is 0 Å². The minimum atomic E-state index is 0.868. The molecule has 0 saturated heterocycles. The van der Waals surface area contributed by atoms with E-state index in [1.165, 1.54) is 5.56 Å². The number of aromatic nitrogens is 3. The van der Waals surface area contributed by atoms with Gasteiger partial charge in [-0.1, -0.05) is 35.5 Å². The van der Waals surface area contributed by atoms with Crippen LogP contribution in [0.3, 0.4) is 0 Å². The van der Waals surface area contributed by atoms with E-state index < -0.39 is 0 Å². The quantitative estimate of drug-likeness (QED) is 0.865. The molecule has 5 nitrogen and oxygen atoms in total. The number of likely N-dealkylation sites (N-methyl/N-ethyl adjacent to an activating group) is 1. The Morgan fingerprint density at radius 3 is 2.90 bits per heavy atom. The molecule has 0 saturated carbocycles. The van der Waals surface area contributed by atoms with Crippen LogP contribution in [-0.4, -0.2) is 57.6 Å². The van der Waals surface area contributed by atoms with Crippen LogP contribution in [0, 0.1) is 6.92 Å². The highest BCUT2D eigenvalue weighted by Gasteiger charge is 2.22. The fourth-order valence-electron chi connectivity index (χ4n) is 2.39. The van der Waals surface area contributed by atoms with Crippen LogP contribution in [0.2, 0.25) is 0 Å². The van der Waals surface area contributed by atoms with Gasteiger partial charge in [-0.05, 0) is 27.1 Å². The lowest BCUT2D eigenvalue weighted by molar-refractivity contribution is 0.215. The SMILES string of the molecule is Cc1cccc(-c2nnc3n2CN(CCN(C)C)CS3)c1. The van der Waals surface area contributed by atoms with Crippen molar-refractivity contribution in [1.82, 2.24) is 24.6 Å². The third-order valence-corrected chi connectivity index (χ3v) is 4.63. The van der Waals surface area contributed by atoms with Gasteiger partial charge < -0.3 is 4.90 Å². The highest BCUT2D eigenvalue weighted by Crippen LogP contribution is 2.28. The van der Waals surface area contributed by atoms with Gasteiger partial charge in [-0.3, -0.25) is 9.47 Å². The summed E-state index contributed by atoms with van der Waals surface area (Å²) in [6.45, 7) is 5.10. The van der Waals surface area contributed by atoms with Gasteiger partial charge in [-0.25, -0.2) is 0 Å². The highest BCUT2D eigenvalue weighted by atomic mass is 32.2. The molecule has 1 aliphatic heterocycles. The molecule has 0 fully saturated rings. The minimum absolute atomic E-state index is 0.868. The van der Waals surface area contributed by atoms with E-state index in [9.17, 15) is 0 Å². The summed E-state index contributed by atoms with van der Waals surface area (Å²) in [6.07, 6.45) is 0. The molecular formula is C15H21N5S. The maximum Gasteiger partial charge on any atom is 0.193 e. The number of rotatable bonds is 4. The second kappa shape index (κ2) is 6.17. The van der Waals surface area contributed by atoms with E-state index in [0.29, 0.717) is 0 Å². The molecule has 0 bridgehead atoms. The van der Waals surface area contributed by atoms with E-state index in [1.54, 1.807) is 11.8 Å². The zero-order valence-corrected chi connectivity index (χ0v) is 13.6. The fourth-order valence-corrected chi connectivity index (χ4v) is 3.29. The Bertz CT molecular complexity index is 622. The van der Waals surface area contributed by atoms with Crippen LogP contribution in [0.1, 0.15) is 5.56 Å². The summed E-state index contributed by atoms with van der Waals surface area (Å²) in [5, 5.41) is 9.75. The Morgan fingerprint density at radius 2 is 2.14 bits per heavy atom. The molecular weight excluding hydrogens is 282 g/mol. The number of hydrogen-bond acceptors (Lipinski definition) is 5. The van der Waals surface area contributed by atoms with Crippen LogP contribution in [0.5, 0.6) is 0 Å². The van der Waals surface area contributed by atoms with Crippen LogP contribution in [-0.2, 0) is 6.67 Å². The Kier molecular flexibility index (Phi) is 4.28. The molecule has 6 heteroatoms. The van der Waals surface area contributed by atoms with Crippen molar-refractivity contribution in [1.29, 1.82) is 0 Å². The van der Waals surface area contributed by atoms with Gasteiger partial charge in [0.1, 0.15) is 0 Å². The van der Waals surface area contributed by atoms with Gasteiger partial charge in [-0.2, -0.15) is 0 Å². The predicted molar refractivity (Wildman–Crippen MR) is 86.2 cm³/mol. The summed E-state index contributed by atoms with van der Waals surface area (Å²) in [4.78, 5) is 4.65. The summed E-state index contributed by atoms with van der Waals surface area (Å²) in [7, 11) is 4.22. The lowest BCUT2D eigenvalue weighted by Gasteiger charge is -2.28. The molecule has 0 unspecified atom stereocenters. The van der Waals surface area contributed by atoms with Gasteiger partial charge in [-0.15, -0.1) is 10.2 Å². The van der Waals surface area contributed by atoms with E-state index in [0.717, 1.165) is 42.2 Å². The van der Waals surface area contributed by atoms with Gasteiger partial charge >= 0.3 is 0 Å². The molecule has 1 aromatic heterocycles. The molecule has 0 amide bonds. The van der Waals surface area contributed by atoms with Crippen LogP contribution >= 0.6 is 11.8 Å². The van der Waals surface area contributed by atoms with E-state index in [-0.39, 0.29) is 0 Å². The smallest absolute Gasteiger partial charge is 0.193 e. The van der Waals surface area contributed by atoms with E-state index in [4.69, 9.17) is 0 Å². The predicted octanol–water partition coefficient (Wildman–Crippen LogP) is 2.14. The van der Waals surface area contributed by atoms with E-state index in [1.807, 2.05) is 0 Å². The number of aryl methyl sites for hydroxylation is 1. The Hall–Kier alpha value is -1.37. The molecule has 21 heavy (non-hydrogen) atoms. The number of benzene rings is 1. The first-order chi connectivity index (χ1) is 10.1. The van der Waals surface area contributed by atoms with Crippen molar-refractivity contribution in [2.24, 2.45) is 0 Å². The van der Waals surface area contributed by atoms with Crippen molar-refractivity contribution < 1.29 is 0 Å². The third kappa shape index (κ3) is 3.28. The van der Waals surface area contributed by atoms with Crippen molar-refractivity contribution in [2.45, 2.75) is 18.7 Å². The van der Waals surface area contributed by atoms with Crippen LogP contribution in [0.15, 0.2) is 29.4 Å². The number of fused-ring (bicyclic) bond motifs is 1. The van der Waals surface area contributed by atoms with Crippen molar-refractivity contribution in [3.05, 3.63) is 29.8 Å². The molecule has 0 atom stereocenters. The van der Waals surface area contributed by atoms with Gasteiger partial charge in [0.2, 0.25) is 0 Å². The maximum absolute atomic E-state index is 4.39. The van der Waals surface area contributed by atoms with Crippen molar-refractivity contribution in [3.8, 4) is 11.4 Å². The Labute approximate surface area is 130 Å². The topological polar surface area (TPSA) is 37.2 Å². The molecule has 0 aliphatic carbocycles. The zero-order valence-electron chi connectivity index (χ0n) is 12.8. The lowest BCUT2D eigenvalue weighted by atomic mass is 10.1. The highest BCUT2D eigenvalue weighted by molar-refractivity contribution is 7.99. The molecule has 0 spiro atoms. The van der Waals surface area contributed by atoms with Gasteiger partial charge in [0.05, 0.1) is 12.5 Å². The number of nitrogens with zero attached hydrogens (tertiary/aromatic N) is 5. The fraction of sp³-hybridized carbons (Fsp3) is 0.467. The summed E-state index contributed by atoms with van der Waals surface area (Å²) >= 11 is 1.76. The summed E-state index contributed by atoms with van der Waals surface area (Å²) in [5.41, 5.74) is 2.39. The average Bonchev–Trinajstić information content (AvgIpc) is 2.88. The number of thioether (sulfide) groups is 1. The maximum atomic E-state index is 4.39. The second-order valence-electron chi connectivity index (χ2n) is 5.72. The summed E-state index contributed by atoms with van der Waals surface area (Å²) in [6, 6.07) is 8.45. The third-order valence-electron chi connectivity index (χ3n) is 3.57. The Balaban J connectivity index is 1.82. The largest absolute Gasteiger partial charge is 0.308 e. The molecule has 2 heterocycles. The normalized spacial score (nSPS) is 15.4. The first-order valence-electron chi connectivity index (χ1n) is 7.13. The molecule has 0 N–H and O–H groups in total. The summed E-state index contributed by atoms with van der Waals surface area (Å²) in [5.74, 6) is 1.95. The van der Waals surface area contributed by atoms with Gasteiger partial charge in [0.15, 0.2) is 11.0 Å².